The summed E-state index contributed by atoms with van der Waals surface area (Å²) in [7, 11) is 1.59. The van der Waals surface area contributed by atoms with Crippen molar-refractivity contribution in [1.82, 2.24) is 9.97 Å². The Kier molecular flexibility index (Phi) is 4.45. The molecule has 1 saturated heterocycles. The van der Waals surface area contributed by atoms with E-state index in [9.17, 15) is 10.1 Å². The Morgan fingerprint density at radius 2 is 2.32 bits per heavy atom. The van der Waals surface area contributed by atoms with Crippen molar-refractivity contribution in [3.05, 3.63) is 16.4 Å². The fourth-order valence-corrected chi connectivity index (χ4v) is 2.09. The van der Waals surface area contributed by atoms with Crippen LogP contribution in [0, 0.1) is 10.1 Å². The summed E-state index contributed by atoms with van der Waals surface area (Å²) >= 11 is 0. The van der Waals surface area contributed by atoms with Gasteiger partial charge in [0.2, 0.25) is 11.6 Å². The Morgan fingerprint density at radius 1 is 1.53 bits per heavy atom. The van der Waals surface area contributed by atoms with E-state index < -0.39 is 4.92 Å². The van der Waals surface area contributed by atoms with Gasteiger partial charge in [0.15, 0.2) is 0 Å². The summed E-state index contributed by atoms with van der Waals surface area (Å²) in [5.41, 5.74) is -0.127. The zero-order chi connectivity index (χ0) is 13.7. The summed E-state index contributed by atoms with van der Waals surface area (Å²) in [6.45, 7) is 1.40. The molecule has 8 nitrogen and oxygen atoms in total. The lowest BCUT2D eigenvalue weighted by Crippen LogP contribution is -2.14. The number of anilines is 2. The quantitative estimate of drug-likeness (QED) is 0.593. The van der Waals surface area contributed by atoms with Crippen LogP contribution in [-0.4, -0.2) is 41.2 Å². The number of ether oxygens (including phenoxy) is 1. The normalized spacial score (nSPS) is 18.3. The van der Waals surface area contributed by atoms with Crippen LogP contribution in [0.25, 0.3) is 0 Å². The van der Waals surface area contributed by atoms with Gasteiger partial charge in [-0.3, -0.25) is 10.1 Å². The first kappa shape index (κ1) is 13.5. The van der Waals surface area contributed by atoms with Gasteiger partial charge in [0.1, 0.15) is 6.33 Å². The van der Waals surface area contributed by atoms with Gasteiger partial charge in [-0.2, -0.15) is 0 Å². The van der Waals surface area contributed by atoms with E-state index in [1.165, 1.54) is 6.33 Å². The molecule has 1 aliphatic rings. The molecule has 2 rings (SSSR count). The Bertz CT molecular complexity index is 448. The van der Waals surface area contributed by atoms with Crippen LogP contribution < -0.4 is 10.6 Å². The fraction of sp³-hybridized carbons (Fsp3) is 0.636. The SMILES string of the molecule is CNc1ncnc(NCCC2CCCO2)c1[N+](=O)[O-]. The fourth-order valence-electron chi connectivity index (χ4n) is 2.09. The first-order valence-corrected chi connectivity index (χ1v) is 6.25. The van der Waals surface area contributed by atoms with Crippen LogP contribution in [0.3, 0.4) is 0 Å². The van der Waals surface area contributed by atoms with Gasteiger partial charge in [-0.05, 0) is 19.3 Å². The minimum Gasteiger partial charge on any atom is -0.378 e. The minimum atomic E-state index is -0.486. The molecule has 19 heavy (non-hydrogen) atoms. The summed E-state index contributed by atoms with van der Waals surface area (Å²) in [4.78, 5) is 18.3. The zero-order valence-corrected chi connectivity index (χ0v) is 10.8. The molecular formula is C11H17N5O3. The topological polar surface area (TPSA) is 102 Å². The standard InChI is InChI=1S/C11H17N5O3/c1-12-10-9(16(17)18)11(15-7-14-10)13-5-4-8-3-2-6-19-8/h7-8H,2-6H2,1H3,(H2,12,13,14,15). The average molecular weight is 267 g/mol. The van der Waals surface area contributed by atoms with Gasteiger partial charge in [0.05, 0.1) is 11.0 Å². The van der Waals surface area contributed by atoms with Crippen molar-refractivity contribution in [3.8, 4) is 0 Å². The van der Waals surface area contributed by atoms with Crippen LogP contribution in [0.4, 0.5) is 17.3 Å². The van der Waals surface area contributed by atoms with Crippen molar-refractivity contribution in [3.63, 3.8) is 0 Å². The highest BCUT2D eigenvalue weighted by Crippen LogP contribution is 2.28. The summed E-state index contributed by atoms with van der Waals surface area (Å²) in [6, 6.07) is 0. The number of nitrogens with zero attached hydrogens (tertiary/aromatic N) is 3. The molecule has 0 amide bonds. The third kappa shape index (κ3) is 3.28. The maximum atomic E-state index is 11.0. The highest BCUT2D eigenvalue weighted by atomic mass is 16.6. The second kappa shape index (κ2) is 6.28. The molecule has 1 atom stereocenters. The molecule has 0 aromatic carbocycles. The summed E-state index contributed by atoms with van der Waals surface area (Å²) in [5.74, 6) is 0.446. The van der Waals surface area contributed by atoms with Crippen LogP contribution >= 0.6 is 0 Å². The third-order valence-electron chi connectivity index (χ3n) is 3.02. The Morgan fingerprint density at radius 3 is 2.95 bits per heavy atom. The Hall–Kier alpha value is -1.96. The molecule has 0 aliphatic carbocycles. The second-order valence-electron chi connectivity index (χ2n) is 4.28. The van der Waals surface area contributed by atoms with Crippen LogP contribution in [0.2, 0.25) is 0 Å². The monoisotopic (exact) mass is 267 g/mol. The smallest absolute Gasteiger partial charge is 0.353 e. The lowest BCUT2D eigenvalue weighted by molar-refractivity contribution is -0.383. The van der Waals surface area contributed by atoms with E-state index in [0.29, 0.717) is 6.54 Å². The van der Waals surface area contributed by atoms with Gasteiger partial charge in [0.25, 0.3) is 0 Å². The molecule has 104 valence electrons. The first-order valence-electron chi connectivity index (χ1n) is 6.25. The minimum absolute atomic E-state index is 0.127. The number of nitrogens with one attached hydrogen (secondary N) is 2. The molecule has 2 heterocycles. The van der Waals surface area contributed by atoms with Crippen LogP contribution in [0.15, 0.2) is 6.33 Å². The predicted molar refractivity (Wildman–Crippen MR) is 70.3 cm³/mol. The van der Waals surface area contributed by atoms with E-state index in [-0.39, 0.29) is 23.4 Å². The number of aromatic nitrogens is 2. The van der Waals surface area contributed by atoms with Gasteiger partial charge in [-0.1, -0.05) is 0 Å². The summed E-state index contributed by atoms with van der Waals surface area (Å²) < 4.78 is 5.49. The largest absolute Gasteiger partial charge is 0.378 e. The molecule has 1 aliphatic heterocycles. The molecule has 1 fully saturated rings. The number of rotatable bonds is 6. The molecular weight excluding hydrogens is 250 g/mol. The van der Waals surface area contributed by atoms with E-state index in [1.54, 1.807) is 7.05 Å². The molecule has 0 spiro atoms. The van der Waals surface area contributed by atoms with Crippen molar-refractivity contribution in [1.29, 1.82) is 0 Å². The van der Waals surface area contributed by atoms with Crippen molar-refractivity contribution in [2.75, 3.05) is 30.8 Å². The van der Waals surface area contributed by atoms with Crippen LogP contribution in [0.1, 0.15) is 19.3 Å². The van der Waals surface area contributed by atoms with Crippen molar-refractivity contribution >= 4 is 17.3 Å². The van der Waals surface area contributed by atoms with Crippen molar-refractivity contribution in [2.24, 2.45) is 0 Å². The Labute approximate surface area is 110 Å². The average Bonchev–Trinajstić information content (AvgIpc) is 2.91. The molecule has 0 saturated carbocycles. The van der Waals surface area contributed by atoms with Gasteiger partial charge in [-0.15, -0.1) is 0 Å². The molecule has 1 unspecified atom stereocenters. The zero-order valence-electron chi connectivity index (χ0n) is 10.8. The lowest BCUT2D eigenvalue weighted by atomic mass is 10.2. The number of hydrogen-bond acceptors (Lipinski definition) is 7. The van der Waals surface area contributed by atoms with Crippen LogP contribution in [0.5, 0.6) is 0 Å². The molecule has 2 N–H and O–H groups in total. The highest BCUT2D eigenvalue weighted by molar-refractivity contribution is 5.68. The first-order chi connectivity index (χ1) is 9.22. The molecule has 1 aromatic rings. The van der Waals surface area contributed by atoms with E-state index >= 15 is 0 Å². The maximum absolute atomic E-state index is 11.0. The van der Waals surface area contributed by atoms with Gasteiger partial charge in [0, 0.05) is 20.2 Å². The van der Waals surface area contributed by atoms with Gasteiger partial charge in [-0.25, -0.2) is 9.97 Å². The number of hydrogen-bond donors (Lipinski definition) is 2. The molecule has 0 radical (unpaired) electrons. The van der Waals surface area contributed by atoms with E-state index in [4.69, 9.17) is 4.74 Å². The third-order valence-corrected chi connectivity index (χ3v) is 3.02. The van der Waals surface area contributed by atoms with E-state index in [0.717, 1.165) is 25.9 Å². The predicted octanol–water partition coefficient (Wildman–Crippen LogP) is 1.41. The summed E-state index contributed by atoms with van der Waals surface area (Å²) in [6.07, 6.45) is 4.50. The second-order valence-corrected chi connectivity index (χ2v) is 4.28. The summed E-state index contributed by atoms with van der Waals surface area (Å²) in [5, 5.41) is 16.7. The lowest BCUT2D eigenvalue weighted by Gasteiger charge is -2.11. The molecule has 8 heteroatoms. The highest BCUT2D eigenvalue weighted by Gasteiger charge is 2.22. The van der Waals surface area contributed by atoms with Crippen molar-refractivity contribution < 1.29 is 9.66 Å². The Balaban J connectivity index is 2.00. The van der Waals surface area contributed by atoms with Gasteiger partial charge < -0.3 is 15.4 Å². The van der Waals surface area contributed by atoms with E-state index in [2.05, 4.69) is 20.6 Å². The van der Waals surface area contributed by atoms with Crippen LogP contribution in [-0.2, 0) is 4.74 Å². The van der Waals surface area contributed by atoms with E-state index in [1.807, 2.05) is 0 Å². The van der Waals surface area contributed by atoms with Crippen molar-refractivity contribution in [2.45, 2.75) is 25.4 Å². The molecule has 0 bridgehead atoms. The maximum Gasteiger partial charge on any atom is 0.353 e. The van der Waals surface area contributed by atoms with Gasteiger partial charge >= 0.3 is 5.69 Å². The molecule has 1 aromatic heterocycles. The number of nitro groups is 1.